The molecule has 2 aromatic carbocycles. The lowest BCUT2D eigenvalue weighted by Gasteiger charge is -2.12. The smallest absolute Gasteiger partial charge is 0.253 e. The summed E-state index contributed by atoms with van der Waals surface area (Å²) in [4.78, 5) is 18.2. The Kier molecular flexibility index (Phi) is 12.2. The molecule has 0 bridgehead atoms. The third-order valence-electron chi connectivity index (χ3n) is 4.95. The van der Waals surface area contributed by atoms with Crippen LogP contribution in [0.25, 0.3) is 0 Å². The first-order valence-electron chi connectivity index (χ1n) is 10.8. The topological polar surface area (TPSA) is 56.7 Å². The Hall–Kier alpha value is -2.09. The van der Waals surface area contributed by atoms with E-state index in [1.54, 1.807) is 19.0 Å². The number of benzene rings is 2. The molecule has 0 aromatic heterocycles. The van der Waals surface area contributed by atoms with Gasteiger partial charge in [0.15, 0.2) is 5.96 Å². The van der Waals surface area contributed by atoms with Crippen LogP contribution in [0, 0.1) is 0 Å². The zero-order valence-electron chi connectivity index (χ0n) is 19.4. The van der Waals surface area contributed by atoms with Crippen LogP contribution < -0.4 is 10.6 Å². The molecule has 6 heteroatoms. The van der Waals surface area contributed by atoms with E-state index in [1.807, 2.05) is 24.3 Å². The lowest BCUT2D eigenvalue weighted by Crippen LogP contribution is -2.37. The normalized spacial score (nSPS) is 11.1. The first-order valence-corrected chi connectivity index (χ1v) is 10.8. The van der Waals surface area contributed by atoms with Crippen molar-refractivity contribution >= 4 is 35.8 Å². The predicted molar refractivity (Wildman–Crippen MR) is 142 cm³/mol. The maximum atomic E-state index is 12.0. The van der Waals surface area contributed by atoms with Gasteiger partial charge in [0.25, 0.3) is 5.91 Å². The number of carbonyl (C=O) groups excluding carboxylic acids is 1. The molecule has 5 nitrogen and oxygen atoms in total. The zero-order chi connectivity index (χ0) is 21.9. The highest BCUT2D eigenvalue weighted by Gasteiger charge is 2.07. The van der Waals surface area contributed by atoms with E-state index in [1.165, 1.54) is 11.1 Å². The predicted octanol–water partition coefficient (Wildman–Crippen LogP) is 4.82. The highest BCUT2D eigenvalue weighted by atomic mass is 127. The average Bonchev–Trinajstić information content (AvgIpc) is 2.75. The van der Waals surface area contributed by atoms with Crippen molar-refractivity contribution in [3.8, 4) is 0 Å². The fraction of sp³-hybridized carbons (Fsp3) is 0.440. The number of halogens is 1. The summed E-state index contributed by atoms with van der Waals surface area (Å²) in [7, 11) is 3.52. The quantitative estimate of drug-likeness (QED) is 0.209. The first-order chi connectivity index (χ1) is 14.4. The second-order valence-corrected chi connectivity index (χ2v) is 8.02. The second-order valence-electron chi connectivity index (χ2n) is 8.02. The number of aryl methyl sites for hydroxylation is 1. The number of hydrogen-bond donors (Lipinski definition) is 2. The van der Waals surface area contributed by atoms with E-state index in [0.29, 0.717) is 18.0 Å². The van der Waals surface area contributed by atoms with Crippen molar-refractivity contribution in [2.75, 3.05) is 27.2 Å². The van der Waals surface area contributed by atoms with Gasteiger partial charge in [0.1, 0.15) is 0 Å². The zero-order valence-corrected chi connectivity index (χ0v) is 21.8. The molecule has 0 heterocycles. The molecule has 31 heavy (non-hydrogen) atoms. The van der Waals surface area contributed by atoms with Crippen molar-refractivity contribution in [2.24, 2.45) is 4.99 Å². The van der Waals surface area contributed by atoms with E-state index in [9.17, 15) is 4.79 Å². The van der Waals surface area contributed by atoms with E-state index >= 15 is 0 Å². The minimum atomic E-state index is 0. The van der Waals surface area contributed by atoms with Gasteiger partial charge in [0, 0.05) is 32.7 Å². The molecule has 0 saturated heterocycles. The highest BCUT2D eigenvalue weighted by molar-refractivity contribution is 14.0. The SMILES string of the molecule is CCNC(=NCc1ccc(C(=O)N(C)C)cc1)NCCCc1ccc(C(C)C)cc1.I. The molecular weight excluding hydrogens is 499 g/mol. The van der Waals surface area contributed by atoms with Crippen molar-refractivity contribution in [3.63, 3.8) is 0 Å². The summed E-state index contributed by atoms with van der Waals surface area (Å²) < 4.78 is 0. The highest BCUT2D eigenvalue weighted by Crippen LogP contribution is 2.15. The summed E-state index contributed by atoms with van der Waals surface area (Å²) in [5, 5.41) is 6.71. The van der Waals surface area contributed by atoms with Crippen LogP contribution in [0.1, 0.15) is 60.2 Å². The number of guanidine groups is 1. The average molecular weight is 537 g/mol. The molecule has 1 amide bonds. The van der Waals surface area contributed by atoms with Crippen LogP contribution in [0.4, 0.5) is 0 Å². The minimum absolute atomic E-state index is 0. The summed E-state index contributed by atoms with van der Waals surface area (Å²) >= 11 is 0. The molecule has 2 rings (SSSR count). The number of rotatable bonds is 9. The van der Waals surface area contributed by atoms with Crippen LogP contribution in [0.2, 0.25) is 0 Å². The van der Waals surface area contributed by atoms with Crippen LogP contribution in [0.3, 0.4) is 0 Å². The van der Waals surface area contributed by atoms with Crippen molar-refractivity contribution in [3.05, 3.63) is 70.8 Å². The second kappa shape index (κ2) is 14.1. The lowest BCUT2D eigenvalue weighted by atomic mass is 10.0. The molecule has 0 aliphatic heterocycles. The van der Waals surface area contributed by atoms with E-state index in [4.69, 9.17) is 0 Å². The van der Waals surface area contributed by atoms with Gasteiger partial charge in [-0.1, -0.05) is 50.2 Å². The molecule has 0 saturated carbocycles. The molecular formula is C25H37IN4O. The van der Waals surface area contributed by atoms with E-state index < -0.39 is 0 Å². The van der Waals surface area contributed by atoms with Gasteiger partial charge in [0.05, 0.1) is 6.54 Å². The van der Waals surface area contributed by atoms with E-state index in [2.05, 4.69) is 60.7 Å². The van der Waals surface area contributed by atoms with Crippen LogP contribution in [0.15, 0.2) is 53.5 Å². The molecule has 2 N–H and O–H groups in total. The van der Waals surface area contributed by atoms with Gasteiger partial charge < -0.3 is 15.5 Å². The number of nitrogens with one attached hydrogen (secondary N) is 2. The maximum Gasteiger partial charge on any atom is 0.253 e. The standard InChI is InChI=1S/C25H36N4O.HI/c1-6-26-25(27-17-7-8-20-9-13-22(14-10-20)19(2)3)28-18-21-11-15-23(16-12-21)24(30)29(4)5;/h9-16,19H,6-8,17-18H2,1-5H3,(H2,26,27,28);1H. The van der Waals surface area contributed by atoms with Gasteiger partial charge in [-0.3, -0.25) is 4.79 Å². The largest absolute Gasteiger partial charge is 0.357 e. The molecule has 0 radical (unpaired) electrons. The molecule has 2 aromatic rings. The van der Waals surface area contributed by atoms with E-state index in [0.717, 1.165) is 37.5 Å². The fourth-order valence-electron chi connectivity index (χ4n) is 3.09. The monoisotopic (exact) mass is 536 g/mol. The number of amides is 1. The van der Waals surface area contributed by atoms with Gasteiger partial charge in [-0.25, -0.2) is 4.99 Å². The number of nitrogens with zero attached hydrogens (tertiary/aromatic N) is 2. The van der Waals surface area contributed by atoms with Gasteiger partial charge in [0.2, 0.25) is 0 Å². The summed E-state index contributed by atoms with van der Waals surface area (Å²) in [6, 6.07) is 16.6. The summed E-state index contributed by atoms with van der Waals surface area (Å²) in [6.07, 6.45) is 2.10. The van der Waals surface area contributed by atoms with Crippen LogP contribution >= 0.6 is 24.0 Å². The Labute approximate surface area is 204 Å². The van der Waals surface area contributed by atoms with Gasteiger partial charge in [-0.05, 0) is 54.5 Å². The van der Waals surface area contributed by atoms with Crippen LogP contribution in [0.5, 0.6) is 0 Å². The molecule has 0 aliphatic carbocycles. The van der Waals surface area contributed by atoms with E-state index in [-0.39, 0.29) is 29.9 Å². The minimum Gasteiger partial charge on any atom is -0.357 e. The Morgan fingerprint density at radius 3 is 2.13 bits per heavy atom. The number of aliphatic imine (C=N–C) groups is 1. The third kappa shape index (κ3) is 9.29. The Morgan fingerprint density at radius 1 is 0.968 bits per heavy atom. The number of hydrogen-bond acceptors (Lipinski definition) is 2. The fourth-order valence-corrected chi connectivity index (χ4v) is 3.09. The molecule has 0 spiro atoms. The molecule has 0 fully saturated rings. The summed E-state index contributed by atoms with van der Waals surface area (Å²) in [6.45, 7) is 8.76. The molecule has 0 aliphatic rings. The Balaban J connectivity index is 0.00000480. The maximum absolute atomic E-state index is 12.0. The molecule has 0 unspecified atom stereocenters. The van der Waals surface area contributed by atoms with Crippen LogP contribution in [-0.4, -0.2) is 44.0 Å². The lowest BCUT2D eigenvalue weighted by molar-refractivity contribution is 0.0827. The molecule has 170 valence electrons. The third-order valence-corrected chi connectivity index (χ3v) is 4.95. The number of carbonyl (C=O) groups is 1. The van der Waals surface area contributed by atoms with Crippen molar-refractivity contribution < 1.29 is 4.79 Å². The van der Waals surface area contributed by atoms with Crippen molar-refractivity contribution in [1.29, 1.82) is 0 Å². The summed E-state index contributed by atoms with van der Waals surface area (Å²) in [5.74, 6) is 1.41. The van der Waals surface area contributed by atoms with Crippen molar-refractivity contribution in [1.82, 2.24) is 15.5 Å². The van der Waals surface area contributed by atoms with Gasteiger partial charge in [-0.2, -0.15) is 0 Å². The van der Waals surface area contributed by atoms with Gasteiger partial charge >= 0.3 is 0 Å². The summed E-state index contributed by atoms with van der Waals surface area (Å²) in [5.41, 5.74) is 4.53. The van der Waals surface area contributed by atoms with Crippen LogP contribution in [-0.2, 0) is 13.0 Å². The van der Waals surface area contributed by atoms with Crippen molar-refractivity contribution in [2.45, 2.75) is 46.1 Å². The van der Waals surface area contributed by atoms with Gasteiger partial charge in [-0.15, -0.1) is 24.0 Å². The Bertz CT molecular complexity index is 814. The molecule has 0 atom stereocenters. The Morgan fingerprint density at radius 2 is 1.58 bits per heavy atom. The first kappa shape index (κ1) is 26.9.